The molecular formula is C8H15NO. The maximum Gasteiger partial charge on any atom is 0.0609 e. The molecule has 0 aliphatic carbocycles. The molecule has 0 radical (unpaired) electrons. The molecule has 0 saturated carbocycles. The second-order valence-corrected chi connectivity index (χ2v) is 3.45. The molecule has 2 rings (SSSR count). The van der Waals surface area contributed by atoms with Crippen LogP contribution in [-0.2, 0) is 4.74 Å². The van der Waals surface area contributed by atoms with Crippen molar-refractivity contribution in [2.75, 3.05) is 6.54 Å². The Morgan fingerprint density at radius 1 is 1.40 bits per heavy atom. The van der Waals surface area contributed by atoms with Crippen LogP contribution in [0.25, 0.3) is 0 Å². The van der Waals surface area contributed by atoms with Crippen molar-refractivity contribution in [3.05, 3.63) is 0 Å². The van der Waals surface area contributed by atoms with Gasteiger partial charge in [0.2, 0.25) is 0 Å². The second-order valence-electron chi connectivity index (χ2n) is 3.45. The highest BCUT2D eigenvalue weighted by Crippen LogP contribution is 2.39. The van der Waals surface area contributed by atoms with Gasteiger partial charge in [0.15, 0.2) is 0 Å². The molecule has 2 nitrogen and oxygen atoms in total. The standard InChI is InChI=1S/C8H15NO/c9-4-3-6-5-7-1-2-8(6)10-7/h6-8H,1-5,9H2/t6-,7+,8+/m0/s1. The van der Waals surface area contributed by atoms with Crippen LogP contribution in [0.15, 0.2) is 0 Å². The first-order valence-corrected chi connectivity index (χ1v) is 4.25. The van der Waals surface area contributed by atoms with E-state index in [2.05, 4.69) is 0 Å². The zero-order chi connectivity index (χ0) is 6.97. The van der Waals surface area contributed by atoms with Gasteiger partial charge < -0.3 is 10.5 Å². The third-order valence-corrected chi connectivity index (χ3v) is 2.77. The molecule has 0 aromatic carbocycles. The van der Waals surface area contributed by atoms with Gasteiger partial charge >= 0.3 is 0 Å². The first kappa shape index (κ1) is 6.62. The van der Waals surface area contributed by atoms with Gasteiger partial charge in [0.05, 0.1) is 12.2 Å². The predicted octanol–water partition coefficient (Wildman–Crippen LogP) is 0.903. The molecule has 2 heteroatoms. The monoisotopic (exact) mass is 141 g/mol. The Balaban J connectivity index is 1.90. The minimum Gasteiger partial charge on any atom is -0.375 e. The Labute approximate surface area is 61.7 Å². The second kappa shape index (κ2) is 2.51. The Bertz CT molecular complexity index is 126. The molecule has 2 aliphatic rings. The van der Waals surface area contributed by atoms with Crippen LogP contribution in [0.5, 0.6) is 0 Å². The van der Waals surface area contributed by atoms with Crippen LogP contribution < -0.4 is 5.73 Å². The van der Waals surface area contributed by atoms with Crippen LogP contribution in [0.3, 0.4) is 0 Å². The van der Waals surface area contributed by atoms with Gasteiger partial charge in [-0.2, -0.15) is 0 Å². The average molecular weight is 141 g/mol. The van der Waals surface area contributed by atoms with Crippen LogP contribution in [0.1, 0.15) is 25.7 Å². The molecular weight excluding hydrogens is 126 g/mol. The van der Waals surface area contributed by atoms with Crippen molar-refractivity contribution in [2.45, 2.75) is 37.9 Å². The Morgan fingerprint density at radius 2 is 2.30 bits per heavy atom. The van der Waals surface area contributed by atoms with Gasteiger partial charge in [-0.3, -0.25) is 0 Å². The molecule has 2 fully saturated rings. The maximum atomic E-state index is 5.68. The number of fused-ring (bicyclic) bond motifs is 2. The molecule has 2 N–H and O–H groups in total. The minimum absolute atomic E-state index is 0.577. The Hall–Kier alpha value is -0.0800. The van der Waals surface area contributed by atoms with Gasteiger partial charge in [0.25, 0.3) is 0 Å². The summed E-state index contributed by atoms with van der Waals surface area (Å²) in [5.41, 5.74) is 5.48. The summed E-state index contributed by atoms with van der Waals surface area (Å²) >= 11 is 0. The summed E-state index contributed by atoms with van der Waals surface area (Å²) in [7, 11) is 0. The number of ether oxygens (including phenoxy) is 1. The van der Waals surface area contributed by atoms with Crippen molar-refractivity contribution < 1.29 is 4.74 Å². The van der Waals surface area contributed by atoms with Crippen molar-refractivity contribution >= 4 is 0 Å². The molecule has 3 atom stereocenters. The summed E-state index contributed by atoms with van der Waals surface area (Å²) in [6, 6.07) is 0. The van der Waals surface area contributed by atoms with Crippen LogP contribution in [-0.4, -0.2) is 18.8 Å². The third kappa shape index (κ3) is 0.956. The first-order valence-electron chi connectivity index (χ1n) is 4.25. The van der Waals surface area contributed by atoms with E-state index in [1.807, 2.05) is 0 Å². The van der Waals surface area contributed by atoms with Crippen LogP contribution in [0.4, 0.5) is 0 Å². The number of hydrogen-bond donors (Lipinski definition) is 1. The maximum absolute atomic E-state index is 5.68. The lowest BCUT2D eigenvalue weighted by molar-refractivity contribution is 0.0916. The third-order valence-electron chi connectivity index (χ3n) is 2.77. The van der Waals surface area contributed by atoms with E-state index in [4.69, 9.17) is 10.5 Å². The highest BCUT2D eigenvalue weighted by atomic mass is 16.5. The molecule has 2 saturated heterocycles. The zero-order valence-electron chi connectivity index (χ0n) is 6.25. The predicted molar refractivity (Wildman–Crippen MR) is 39.7 cm³/mol. The minimum atomic E-state index is 0.577. The van der Waals surface area contributed by atoms with Gasteiger partial charge in [-0.25, -0.2) is 0 Å². The highest BCUT2D eigenvalue weighted by Gasteiger charge is 2.39. The lowest BCUT2D eigenvalue weighted by Crippen LogP contribution is -2.19. The molecule has 0 aromatic heterocycles. The largest absolute Gasteiger partial charge is 0.375 e. The number of rotatable bonds is 2. The van der Waals surface area contributed by atoms with Gasteiger partial charge in [0, 0.05) is 0 Å². The molecule has 2 aliphatic heterocycles. The topological polar surface area (TPSA) is 35.2 Å². The van der Waals surface area contributed by atoms with E-state index in [0.29, 0.717) is 12.2 Å². The normalized spacial score (nSPS) is 44.7. The fourth-order valence-corrected chi connectivity index (χ4v) is 2.26. The van der Waals surface area contributed by atoms with Crippen LogP contribution in [0.2, 0.25) is 0 Å². The molecule has 2 heterocycles. The molecule has 0 amide bonds. The average Bonchev–Trinajstić information content (AvgIpc) is 2.48. The summed E-state index contributed by atoms with van der Waals surface area (Å²) in [4.78, 5) is 0. The van der Waals surface area contributed by atoms with E-state index < -0.39 is 0 Å². The first-order chi connectivity index (χ1) is 4.90. The zero-order valence-corrected chi connectivity index (χ0v) is 6.25. The van der Waals surface area contributed by atoms with E-state index in [0.717, 1.165) is 12.5 Å². The fraction of sp³-hybridized carbons (Fsp3) is 1.00. The SMILES string of the molecule is NCC[C@H]1C[C@H]2CC[C@H]1O2. The van der Waals surface area contributed by atoms with Gasteiger partial charge in [-0.05, 0) is 38.1 Å². The Morgan fingerprint density at radius 3 is 2.80 bits per heavy atom. The van der Waals surface area contributed by atoms with Crippen LogP contribution in [0, 0.1) is 5.92 Å². The lowest BCUT2D eigenvalue weighted by Gasteiger charge is -2.16. The van der Waals surface area contributed by atoms with E-state index >= 15 is 0 Å². The highest BCUT2D eigenvalue weighted by molar-refractivity contribution is 4.89. The van der Waals surface area contributed by atoms with Gasteiger partial charge in [-0.15, -0.1) is 0 Å². The van der Waals surface area contributed by atoms with E-state index in [1.54, 1.807) is 0 Å². The van der Waals surface area contributed by atoms with E-state index in [9.17, 15) is 0 Å². The van der Waals surface area contributed by atoms with Crippen molar-refractivity contribution in [3.63, 3.8) is 0 Å². The van der Waals surface area contributed by atoms with Crippen molar-refractivity contribution in [1.82, 2.24) is 0 Å². The number of nitrogens with two attached hydrogens (primary N) is 1. The molecule has 10 heavy (non-hydrogen) atoms. The van der Waals surface area contributed by atoms with E-state index in [-0.39, 0.29) is 0 Å². The smallest absolute Gasteiger partial charge is 0.0609 e. The summed E-state index contributed by atoms with van der Waals surface area (Å²) in [6.45, 7) is 0.831. The van der Waals surface area contributed by atoms with Crippen molar-refractivity contribution in [3.8, 4) is 0 Å². The summed E-state index contributed by atoms with van der Waals surface area (Å²) in [5.74, 6) is 0.795. The van der Waals surface area contributed by atoms with Crippen LogP contribution >= 0.6 is 0 Å². The molecule has 0 unspecified atom stereocenters. The summed E-state index contributed by atoms with van der Waals surface area (Å²) < 4.78 is 5.68. The van der Waals surface area contributed by atoms with E-state index in [1.165, 1.54) is 25.7 Å². The Kier molecular flexibility index (Phi) is 1.66. The van der Waals surface area contributed by atoms with Gasteiger partial charge in [0.1, 0.15) is 0 Å². The number of hydrogen-bond acceptors (Lipinski definition) is 2. The van der Waals surface area contributed by atoms with Crippen molar-refractivity contribution in [1.29, 1.82) is 0 Å². The van der Waals surface area contributed by atoms with Gasteiger partial charge in [-0.1, -0.05) is 0 Å². The lowest BCUT2D eigenvalue weighted by atomic mass is 9.87. The van der Waals surface area contributed by atoms with Crippen molar-refractivity contribution in [2.24, 2.45) is 11.7 Å². The fourth-order valence-electron chi connectivity index (χ4n) is 2.26. The summed E-state index contributed by atoms with van der Waals surface area (Å²) in [5, 5.41) is 0. The molecule has 0 aromatic rings. The molecule has 58 valence electrons. The summed E-state index contributed by atoms with van der Waals surface area (Å²) in [6.07, 6.45) is 6.21. The quantitative estimate of drug-likeness (QED) is 0.620. The molecule has 0 spiro atoms. The molecule has 2 bridgehead atoms.